The van der Waals surface area contributed by atoms with Gasteiger partial charge < -0.3 is 4.74 Å². The third-order valence-electron chi connectivity index (χ3n) is 13.4. The number of methoxy groups -OCH3 is 1. The molecule has 2 heterocycles. The Morgan fingerprint density at radius 3 is 0.873 bits per heavy atom. The Morgan fingerprint density at radius 2 is 0.582 bits per heavy atom. The van der Waals surface area contributed by atoms with E-state index in [0.717, 1.165) is 11.4 Å². The second-order valence-electron chi connectivity index (χ2n) is 21.7. The number of hydrogen-bond acceptors (Lipinski definition) is 3. The van der Waals surface area contributed by atoms with Crippen LogP contribution in [-0.2, 0) is 4.74 Å². The van der Waals surface area contributed by atoms with Gasteiger partial charge in [0.1, 0.15) is 0 Å². The highest BCUT2D eigenvalue weighted by Crippen LogP contribution is 2.25. The molecule has 420 valence electrons. The second-order valence-corrected chi connectivity index (χ2v) is 23.2. The van der Waals surface area contributed by atoms with Crippen LogP contribution in [0.2, 0.25) is 0 Å². The molecular formula is C76H99NOS. The quantitative estimate of drug-likeness (QED) is 0.141. The number of nitrogens with zero attached hydrogens (tertiary/aromatic N) is 1. The SMILES string of the molecule is CCC.COC.Cc1cc(C)c(C)cc1C.Cc1cc(C)cc(C)c1.Cc1ccc(C)c(C)c1C.Cc1ccc(C)c(C)n1.Cc1ccc(C)s1.Cc1ccc2cc3ccc(C)cc3cc2c1.Cc1ccc2ccc(C)cc2c1. The highest BCUT2D eigenvalue weighted by molar-refractivity contribution is 7.11. The van der Waals surface area contributed by atoms with Gasteiger partial charge in [-0.2, -0.15) is 0 Å². The van der Waals surface area contributed by atoms with Gasteiger partial charge >= 0.3 is 0 Å². The summed E-state index contributed by atoms with van der Waals surface area (Å²) in [5, 5.41) is 7.97. The van der Waals surface area contributed by atoms with Gasteiger partial charge in [0, 0.05) is 35.4 Å². The molecule has 0 aliphatic carbocycles. The number of pyridine rings is 1. The topological polar surface area (TPSA) is 22.1 Å². The molecule has 79 heavy (non-hydrogen) atoms. The molecule has 0 bridgehead atoms. The number of thiophene rings is 1. The summed E-state index contributed by atoms with van der Waals surface area (Å²) < 4.78 is 4.25. The van der Waals surface area contributed by atoms with Gasteiger partial charge in [-0.15, -0.1) is 11.3 Å². The third kappa shape index (κ3) is 25.3. The van der Waals surface area contributed by atoms with Crippen LogP contribution >= 0.6 is 11.3 Å². The minimum absolute atomic E-state index is 1.10. The van der Waals surface area contributed by atoms with E-state index in [1.807, 2.05) is 31.3 Å². The van der Waals surface area contributed by atoms with Gasteiger partial charge in [-0.3, -0.25) is 4.98 Å². The summed E-state index contributed by atoms with van der Waals surface area (Å²) in [7, 11) is 3.25. The molecule has 0 unspecified atom stereocenters. The highest BCUT2D eigenvalue weighted by atomic mass is 32.1. The Morgan fingerprint density at radius 1 is 0.291 bits per heavy atom. The molecule has 0 saturated heterocycles. The van der Waals surface area contributed by atoms with Crippen LogP contribution < -0.4 is 0 Å². The number of hydrogen-bond donors (Lipinski definition) is 0. The monoisotopic (exact) mass is 1070 g/mol. The molecule has 0 saturated carbocycles. The molecule has 0 amide bonds. The molecule has 0 spiro atoms. The van der Waals surface area contributed by atoms with E-state index in [1.165, 1.54) is 138 Å². The summed E-state index contributed by atoms with van der Waals surface area (Å²) in [5.41, 5.74) is 24.1. The van der Waals surface area contributed by atoms with E-state index in [2.05, 4.69) is 294 Å². The Bertz CT molecular complexity index is 3200. The zero-order valence-electron chi connectivity index (χ0n) is 53.4. The first-order chi connectivity index (χ1) is 37.2. The van der Waals surface area contributed by atoms with Crippen molar-refractivity contribution in [2.24, 2.45) is 0 Å². The van der Waals surface area contributed by atoms with Crippen molar-refractivity contribution >= 4 is 43.7 Å². The standard InChI is InChI=1S/C16H14.C12H12.2C10H14.C9H12.C8H11N.C6H8S.C3H8.C2H6O/c1-11-3-5-13-9-14-6-4-12(2)8-16(14)10-15(13)7-11;1-9-3-5-11-6-4-10(2)8-12(11)7-9;1-7-5-9(3)10(4)6-8(7)2;1-7-5-6-8(2)10(4)9(7)3;1-7-4-8(2)6-9(3)5-7;1-6-4-5-7(2)9-8(6)3;1-5-3-4-6(2)7-5;2*1-3-2/h3-10H,1-2H3;3-8H,1-2H3;2*5-6H,1-4H3;4-6H,1-3H3;4-5H,1-3H3;3-4H,1-2H3;3H2,1-2H3;1-2H3. The summed E-state index contributed by atoms with van der Waals surface area (Å²) in [6.07, 6.45) is 1.25. The van der Waals surface area contributed by atoms with Gasteiger partial charge in [-0.05, 0) is 251 Å². The van der Waals surface area contributed by atoms with Crippen molar-refractivity contribution in [3.05, 3.63) is 262 Å². The molecule has 10 aromatic rings. The molecule has 2 aromatic heterocycles. The lowest BCUT2D eigenvalue weighted by atomic mass is 10.0. The van der Waals surface area contributed by atoms with Crippen LogP contribution in [0.4, 0.5) is 0 Å². The number of fused-ring (bicyclic) bond motifs is 3. The van der Waals surface area contributed by atoms with Gasteiger partial charge in [-0.25, -0.2) is 0 Å². The molecule has 0 aliphatic heterocycles. The van der Waals surface area contributed by atoms with Crippen molar-refractivity contribution in [3.63, 3.8) is 0 Å². The van der Waals surface area contributed by atoms with E-state index in [4.69, 9.17) is 0 Å². The van der Waals surface area contributed by atoms with E-state index in [0.29, 0.717) is 0 Å². The van der Waals surface area contributed by atoms with E-state index in [1.54, 1.807) is 14.2 Å². The lowest BCUT2D eigenvalue weighted by Crippen LogP contribution is -1.88. The first-order valence-corrected chi connectivity index (χ1v) is 28.9. The zero-order chi connectivity index (χ0) is 59.5. The van der Waals surface area contributed by atoms with Gasteiger partial charge in [0.05, 0.1) is 0 Å². The lowest BCUT2D eigenvalue weighted by molar-refractivity contribution is 0.277. The predicted molar refractivity (Wildman–Crippen MR) is 357 cm³/mol. The van der Waals surface area contributed by atoms with E-state index in [9.17, 15) is 0 Å². The van der Waals surface area contributed by atoms with Crippen LogP contribution in [0.15, 0.2) is 152 Å². The number of aromatic nitrogens is 1. The van der Waals surface area contributed by atoms with E-state index < -0.39 is 0 Å². The highest BCUT2D eigenvalue weighted by Gasteiger charge is 2.01. The van der Waals surface area contributed by atoms with Gasteiger partial charge in [0.2, 0.25) is 0 Å². The molecule has 0 radical (unpaired) electrons. The summed E-state index contributed by atoms with van der Waals surface area (Å²) in [5.74, 6) is 0. The van der Waals surface area contributed by atoms with Crippen molar-refractivity contribution in [1.29, 1.82) is 0 Å². The average molecular weight is 1070 g/mol. The molecule has 10 rings (SSSR count). The first kappa shape index (κ1) is 68.5. The zero-order valence-corrected chi connectivity index (χ0v) is 54.2. The fourth-order valence-electron chi connectivity index (χ4n) is 8.43. The second kappa shape index (κ2) is 35.1. The largest absolute Gasteiger partial charge is 0.388 e. The van der Waals surface area contributed by atoms with Crippen molar-refractivity contribution in [2.45, 2.75) is 159 Å². The summed E-state index contributed by atoms with van der Waals surface area (Å²) in [6, 6.07) is 54.7. The van der Waals surface area contributed by atoms with Gasteiger partial charge in [0.15, 0.2) is 0 Å². The number of aryl methyl sites for hydroxylation is 18. The van der Waals surface area contributed by atoms with Crippen molar-refractivity contribution in [2.75, 3.05) is 14.2 Å². The molecule has 0 fully saturated rings. The Hall–Kier alpha value is -6.65. The normalized spacial score (nSPS) is 9.87. The minimum Gasteiger partial charge on any atom is -0.388 e. The summed E-state index contributed by atoms with van der Waals surface area (Å²) >= 11 is 1.84. The fraction of sp³-hybridized carbons (Fsp3) is 0.329. The molecule has 0 N–H and O–H groups in total. The average Bonchev–Trinajstić information content (AvgIpc) is 3.77. The number of ether oxygens (including phenoxy) is 1. The summed E-state index contributed by atoms with van der Waals surface area (Å²) in [4.78, 5) is 7.07. The van der Waals surface area contributed by atoms with Crippen LogP contribution in [0.25, 0.3) is 32.3 Å². The smallest absolute Gasteiger partial charge is 0.0404 e. The maximum Gasteiger partial charge on any atom is 0.0404 e. The van der Waals surface area contributed by atoms with Crippen molar-refractivity contribution in [1.82, 2.24) is 4.98 Å². The van der Waals surface area contributed by atoms with E-state index in [-0.39, 0.29) is 0 Å². The predicted octanol–water partition coefficient (Wildman–Crippen LogP) is 22.6. The van der Waals surface area contributed by atoms with E-state index >= 15 is 0 Å². The number of rotatable bonds is 0. The van der Waals surface area contributed by atoms with Crippen LogP contribution in [0.1, 0.15) is 130 Å². The van der Waals surface area contributed by atoms with Crippen LogP contribution in [-0.4, -0.2) is 19.2 Å². The van der Waals surface area contributed by atoms with Gasteiger partial charge in [0.25, 0.3) is 0 Å². The van der Waals surface area contributed by atoms with Crippen LogP contribution in [0.5, 0.6) is 0 Å². The molecule has 0 aliphatic rings. The molecule has 0 atom stereocenters. The molecule has 3 heteroatoms. The van der Waals surface area contributed by atoms with Crippen molar-refractivity contribution in [3.8, 4) is 0 Å². The van der Waals surface area contributed by atoms with Crippen molar-refractivity contribution < 1.29 is 4.74 Å². The Labute approximate surface area is 485 Å². The van der Waals surface area contributed by atoms with Crippen LogP contribution in [0, 0.1) is 138 Å². The number of benzene rings is 8. The minimum atomic E-state index is 1.10. The Balaban J connectivity index is 0.000000314. The summed E-state index contributed by atoms with van der Waals surface area (Å²) in [6.45, 7) is 46.8. The van der Waals surface area contributed by atoms with Crippen LogP contribution in [0.3, 0.4) is 0 Å². The fourth-order valence-corrected chi connectivity index (χ4v) is 9.21. The third-order valence-corrected chi connectivity index (χ3v) is 14.3. The molecular weight excluding hydrogens is 975 g/mol. The Kier molecular flexibility index (Phi) is 30.4. The molecule has 8 aromatic carbocycles. The first-order valence-electron chi connectivity index (χ1n) is 28.1. The molecule has 2 nitrogen and oxygen atoms in total. The maximum absolute atomic E-state index is 4.27. The van der Waals surface area contributed by atoms with Gasteiger partial charge in [-0.1, -0.05) is 181 Å². The lowest BCUT2D eigenvalue weighted by Gasteiger charge is -2.06. The maximum atomic E-state index is 4.27.